The van der Waals surface area contributed by atoms with Gasteiger partial charge in [-0.2, -0.15) is 0 Å². The molecule has 1 saturated heterocycles. The SMILES string of the molecule is Cc1cc(=O)n(C2CCCC2)c2cnc(Nc3ccc(N4CCNCC4)cc3)nc12. The molecule has 156 valence electrons. The molecule has 7 heteroatoms. The minimum absolute atomic E-state index is 0.0553. The number of pyridine rings is 1. The number of nitrogens with one attached hydrogen (secondary N) is 2. The van der Waals surface area contributed by atoms with Crippen LogP contribution >= 0.6 is 0 Å². The van der Waals surface area contributed by atoms with Crippen molar-refractivity contribution in [3.8, 4) is 0 Å². The number of aromatic nitrogens is 3. The number of piperazine rings is 1. The average Bonchev–Trinajstić information content (AvgIpc) is 3.30. The van der Waals surface area contributed by atoms with Crippen LogP contribution in [-0.4, -0.2) is 40.7 Å². The lowest BCUT2D eigenvalue weighted by Gasteiger charge is -2.29. The molecular weight excluding hydrogens is 376 g/mol. The van der Waals surface area contributed by atoms with Crippen LogP contribution in [0.5, 0.6) is 0 Å². The Hall–Kier alpha value is -2.93. The predicted octanol–water partition coefficient (Wildman–Crippen LogP) is 3.37. The van der Waals surface area contributed by atoms with Crippen LogP contribution in [-0.2, 0) is 0 Å². The Morgan fingerprint density at radius 1 is 1.10 bits per heavy atom. The summed E-state index contributed by atoms with van der Waals surface area (Å²) in [4.78, 5) is 24.3. The van der Waals surface area contributed by atoms with E-state index >= 15 is 0 Å². The largest absolute Gasteiger partial charge is 0.369 e. The van der Waals surface area contributed by atoms with Crippen molar-refractivity contribution in [2.24, 2.45) is 0 Å². The van der Waals surface area contributed by atoms with Gasteiger partial charge in [-0.1, -0.05) is 12.8 Å². The Kier molecular flexibility index (Phi) is 5.12. The summed E-state index contributed by atoms with van der Waals surface area (Å²) in [5.41, 5.74) is 4.82. The van der Waals surface area contributed by atoms with Gasteiger partial charge in [0.15, 0.2) is 0 Å². The molecule has 2 fully saturated rings. The van der Waals surface area contributed by atoms with Gasteiger partial charge in [-0.3, -0.25) is 4.79 Å². The van der Waals surface area contributed by atoms with Crippen molar-refractivity contribution in [1.29, 1.82) is 0 Å². The Morgan fingerprint density at radius 3 is 2.57 bits per heavy atom. The van der Waals surface area contributed by atoms with Gasteiger partial charge in [0.1, 0.15) is 0 Å². The number of nitrogens with zero attached hydrogens (tertiary/aromatic N) is 4. The van der Waals surface area contributed by atoms with Crippen molar-refractivity contribution < 1.29 is 0 Å². The minimum Gasteiger partial charge on any atom is -0.369 e. The zero-order valence-corrected chi connectivity index (χ0v) is 17.4. The van der Waals surface area contributed by atoms with Crippen LogP contribution in [0, 0.1) is 6.92 Å². The summed E-state index contributed by atoms with van der Waals surface area (Å²) in [5, 5.41) is 6.70. The highest BCUT2D eigenvalue weighted by atomic mass is 16.1. The molecule has 1 aliphatic carbocycles. The number of fused-ring (bicyclic) bond motifs is 1. The molecule has 7 nitrogen and oxygen atoms in total. The van der Waals surface area contributed by atoms with Gasteiger partial charge in [0.2, 0.25) is 5.95 Å². The third-order valence-corrected chi connectivity index (χ3v) is 6.28. The van der Waals surface area contributed by atoms with E-state index in [-0.39, 0.29) is 11.6 Å². The monoisotopic (exact) mass is 404 g/mol. The van der Waals surface area contributed by atoms with Crippen LogP contribution in [0.15, 0.2) is 41.3 Å². The highest BCUT2D eigenvalue weighted by molar-refractivity contribution is 5.79. The second-order valence-electron chi connectivity index (χ2n) is 8.31. The summed E-state index contributed by atoms with van der Waals surface area (Å²) in [6.45, 7) is 6.05. The molecule has 0 spiro atoms. The number of aryl methyl sites for hydroxylation is 1. The summed E-state index contributed by atoms with van der Waals surface area (Å²) < 4.78 is 1.90. The van der Waals surface area contributed by atoms with Gasteiger partial charge in [0.05, 0.1) is 17.2 Å². The molecule has 3 aromatic rings. The average molecular weight is 405 g/mol. The number of hydrogen-bond donors (Lipinski definition) is 2. The lowest BCUT2D eigenvalue weighted by atomic mass is 10.2. The second-order valence-corrected chi connectivity index (χ2v) is 8.31. The van der Waals surface area contributed by atoms with Crippen molar-refractivity contribution in [2.45, 2.75) is 38.6 Å². The predicted molar refractivity (Wildman–Crippen MR) is 121 cm³/mol. The fraction of sp³-hybridized carbons (Fsp3) is 0.435. The Morgan fingerprint density at radius 2 is 1.83 bits per heavy atom. The molecule has 2 aliphatic rings. The maximum absolute atomic E-state index is 12.7. The molecule has 1 saturated carbocycles. The Labute approximate surface area is 176 Å². The lowest BCUT2D eigenvalue weighted by Crippen LogP contribution is -2.43. The van der Waals surface area contributed by atoms with Crippen LogP contribution in [0.25, 0.3) is 11.0 Å². The third kappa shape index (κ3) is 3.65. The van der Waals surface area contributed by atoms with Crippen molar-refractivity contribution in [3.05, 3.63) is 52.4 Å². The van der Waals surface area contributed by atoms with E-state index in [4.69, 9.17) is 4.98 Å². The first-order valence-electron chi connectivity index (χ1n) is 10.9. The molecule has 2 aromatic heterocycles. The van der Waals surface area contributed by atoms with Crippen molar-refractivity contribution in [3.63, 3.8) is 0 Å². The summed E-state index contributed by atoms with van der Waals surface area (Å²) >= 11 is 0. The fourth-order valence-electron chi connectivity index (χ4n) is 4.69. The number of anilines is 3. The summed E-state index contributed by atoms with van der Waals surface area (Å²) in [6, 6.07) is 10.4. The van der Waals surface area contributed by atoms with Crippen molar-refractivity contribution in [2.75, 3.05) is 36.4 Å². The quantitative estimate of drug-likeness (QED) is 0.695. The fourth-order valence-corrected chi connectivity index (χ4v) is 4.69. The van der Waals surface area contributed by atoms with Gasteiger partial charge >= 0.3 is 0 Å². The summed E-state index contributed by atoms with van der Waals surface area (Å²) in [6.07, 6.45) is 6.26. The smallest absolute Gasteiger partial charge is 0.251 e. The lowest BCUT2D eigenvalue weighted by molar-refractivity contribution is 0.518. The molecular formula is C23H28N6O. The van der Waals surface area contributed by atoms with E-state index < -0.39 is 0 Å². The van der Waals surface area contributed by atoms with E-state index in [9.17, 15) is 4.79 Å². The molecule has 0 atom stereocenters. The molecule has 0 amide bonds. The van der Waals surface area contributed by atoms with Crippen LogP contribution in [0.1, 0.15) is 37.3 Å². The van der Waals surface area contributed by atoms with Gasteiger partial charge in [-0.15, -0.1) is 0 Å². The molecule has 2 N–H and O–H groups in total. The zero-order chi connectivity index (χ0) is 20.5. The van der Waals surface area contributed by atoms with Crippen LogP contribution in [0.4, 0.5) is 17.3 Å². The van der Waals surface area contributed by atoms with Crippen LogP contribution in [0.2, 0.25) is 0 Å². The first kappa shape index (κ1) is 19.1. The summed E-state index contributed by atoms with van der Waals surface area (Å²) in [5.74, 6) is 0.553. The third-order valence-electron chi connectivity index (χ3n) is 6.28. The van der Waals surface area contributed by atoms with Gasteiger partial charge in [0.25, 0.3) is 5.56 Å². The normalized spacial score (nSPS) is 17.6. The highest BCUT2D eigenvalue weighted by Crippen LogP contribution is 2.31. The van der Waals surface area contributed by atoms with E-state index in [1.165, 1.54) is 18.5 Å². The zero-order valence-electron chi connectivity index (χ0n) is 17.4. The number of hydrogen-bond acceptors (Lipinski definition) is 6. The van der Waals surface area contributed by atoms with Gasteiger partial charge < -0.3 is 20.1 Å². The molecule has 1 aliphatic heterocycles. The van der Waals surface area contributed by atoms with Crippen LogP contribution in [0.3, 0.4) is 0 Å². The number of benzene rings is 1. The molecule has 30 heavy (non-hydrogen) atoms. The maximum Gasteiger partial charge on any atom is 0.251 e. The van der Waals surface area contributed by atoms with Crippen LogP contribution < -0.4 is 21.1 Å². The van der Waals surface area contributed by atoms with E-state index in [2.05, 4.69) is 44.8 Å². The van der Waals surface area contributed by atoms with Gasteiger partial charge in [-0.05, 0) is 49.6 Å². The number of rotatable bonds is 4. The summed E-state index contributed by atoms with van der Waals surface area (Å²) in [7, 11) is 0. The highest BCUT2D eigenvalue weighted by Gasteiger charge is 2.21. The molecule has 0 bridgehead atoms. The van der Waals surface area contributed by atoms with Crippen molar-refractivity contribution in [1.82, 2.24) is 19.9 Å². The van der Waals surface area contributed by atoms with Gasteiger partial charge in [-0.25, -0.2) is 9.97 Å². The minimum atomic E-state index is 0.0553. The van der Waals surface area contributed by atoms with E-state index in [0.29, 0.717) is 5.95 Å². The molecule has 1 aromatic carbocycles. The Bertz CT molecular complexity index is 1100. The van der Waals surface area contributed by atoms with Gasteiger partial charge in [0, 0.05) is 49.7 Å². The van der Waals surface area contributed by atoms with Crippen molar-refractivity contribution >= 4 is 28.4 Å². The molecule has 5 rings (SSSR count). The van der Waals surface area contributed by atoms with E-state index in [1.807, 2.05) is 11.5 Å². The van der Waals surface area contributed by atoms with E-state index in [1.54, 1.807) is 12.3 Å². The van der Waals surface area contributed by atoms with E-state index in [0.717, 1.165) is 61.3 Å². The molecule has 3 heterocycles. The standard InChI is InChI=1S/C23H28N6O/c1-16-14-21(30)29(19-4-2-3-5-19)20-15-25-23(27-22(16)20)26-17-6-8-18(9-7-17)28-12-10-24-11-13-28/h6-9,14-15,19,24H,2-5,10-13H2,1H3,(H,25,26,27). The first-order valence-corrected chi connectivity index (χ1v) is 10.9. The maximum atomic E-state index is 12.7. The second kappa shape index (κ2) is 8.07. The molecule has 0 radical (unpaired) electrons. The Balaban J connectivity index is 1.42. The topological polar surface area (TPSA) is 75.1 Å². The molecule has 0 unspecified atom stereocenters. The first-order chi connectivity index (χ1) is 14.7.